The van der Waals surface area contributed by atoms with E-state index in [4.69, 9.17) is 4.74 Å². The van der Waals surface area contributed by atoms with Crippen molar-refractivity contribution in [3.8, 4) is 0 Å². The van der Waals surface area contributed by atoms with Crippen LogP contribution in [0.25, 0.3) is 0 Å². The normalized spacial score (nSPS) is 47.0. The number of morpholine rings is 1. The summed E-state index contributed by atoms with van der Waals surface area (Å²) in [5.74, 6) is 1.47. The molecule has 0 spiro atoms. The van der Waals surface area contributed by atoms with Crippen LogP contribution in [-0.4, -0.2) is 42.8 Å². The van der Waals surface area contributed by atoms with Gasteiger partial charge >= 0.3 is 18.9 Å². The summed E-state index contributed by atoms with van der Waals surface area (Å²) in [4.78, 5) is 2.39. The molecule has 3 aliphatic rings. The molecule has 4 heteroatoms. The minimum Gasteiger partial charge on any atom is -0.848 e. The maximum Gasteiger partial charge on any atom is 1.00 e. The molecule has 0 amide bonds. The average molecular weight is 245 g/mol. The van der Waals surface area contributed by atoms with Gasteiger partial charge in [-0.3, -0.25) is 4.90 Å². The molecular weight excluding hydrogens is 221 g/mol. The van der Waals surface area contributed by atoms with Gasteiger partial charge < -0.3 is 9.84 Å². The Bertz CT molecular complexity index is 313. The fourth-order valence-corrected chi connectivity index (χ4v) is 4.22. The minimum absolute atomic E-state index is 0. The molecule has 3 fully saturated rings. The zero-order valence-electron chi connectivity index (χ0n) is 12.2. The number of rotatable bonds is 1. The third kappa shape index (κ3) is 2.29. The van der Waals surface area contributed by atoms with E-state index in [-0.39, 0.29) is 24.9 Å². The zero-order valence-corrected chi connectivity index (χ0v) is 12.2. The van der Waals surface area contributed by atoms with Crippen LogP contribution in [0.4, 0.5) is 0 Å². The molecule has 18 heavy (non-hydrogen) atoms. The van der Waals surface area contributed by atoms with Crippen LogP contribution >= 0.6 is 0 Å². The summed E-state index contributed by atoms with van der Waals surface area (Å²) in [5.41, 5.74) is -0.334. The van der Waals surface area contributed by atoms with Gasteiger partial charge in [-0.05, 0) is 23.7 Å². The van der Waals surface area contributed by atoms with Crippen molar-refractivity contribution < 1.29 is 28.7 Å². The van der Waals surface area contributed by atoms with Gasteiger partial charge in [0.2, 0.25) is 0 Å². The van der Waals surface area contributed by atoms with Crippen LogP contribution in [-0.2, 0) is 4.74 Å². The zero-order chi connectivity index (χ0) is 12.3. The molecule has 0 N–H and O–H groups in total. The number of hydrogen-bond acceptors (Lipinski definition) is 3. The van der Waals surface area contributed by atoms with Crippen molar-refractivity contribution in [2.45, 2.75) is 45.3 Å². The Hall–Kier alpha value is 0.477. The summed E-state index contributed by atoms with van der Waals surface area (Å²) in [6, 6.07) is 0.231. The van der Waals surface area contributed by atoms with Gasteiger partial charge in [0, 0.05) is 19.1 Å². The van der Waals surface area contributed by atoms with Gasteiger partial charge in [0.25, 0.3) is 0 Å². The quantitative estimate of drug-likeness (QED) is 0.495. The second kappa shape index (κ2) is 4.79. The molecule has 2 aliphatic carbocycles. The molecule has 3 nitrogen and oxygen atoms in total. The number of ether oxygens (including phenoxy) is 1. The van der Waals surface area contributed by atoms with Gasteiger partial charge in [0.05, 0.1) is 13.2 Å². The standard InChI is InChI=1S/C14H24NO2.Li/c1-13(2)10-8-12(14(3,16)9-11(10)13)15-4-6-17-7-5-15;/h10-12H,4-9H2,1-3H3;/q-1;+1/t10-,11+,12-,14-;/m1./s1. The van der Waals surface area contributed by atoms with Crippen molar-refractivity contribution in [2.75, 3.05) is 26.3 Å². The first-order chi connectivity index (χ1) is 7.93. The fourth-order valence-electron chi connectivity index (χ4n) is 4.22. The SMILES string of the molecule is CC1(C)[C@@H]2C[C@@H](N3CCOCC3)[C@](C)([O-])C[C@@H]21.[Li+]. The molecule has 0 unspecified atom stereocenters. The maximum absolute atomic E-state index is 12.8. The third-order valence-electron chi connectivity index (χ3n) is 5.58. The van der Waals surface area contributed by atoms with E-state index in [0.717, 1.165) is 45.1 Å². The van der Waals surface area contributed by atoms with E-state index in [1.807, 2.05) is 6.92 Å². The Morgan fingerprint density at radius 1 is 1.11 bits per heavy atom. The summed E-state index contributed by atoms with van der Waals surface area (Å²) in [7, 11) is 0. The predicted molar refractivity (Wildman–Crippen MR) is 64.6 cm³/mol. The molecule has 1 saturated heterocycles. The Kier molecular flexibility index (Phi) is 3.96. The molecule has 2 saturated carbocycles. The summed E-state index contributed by atoms with van der Waals surface area (Å²) in [6.45, 7) is 10.1. The van der Waals surface area contributed by atoms with Crippen LogP contribution in [0.5, 0.6) is 0 Å². The van der Waals surface area contributed by atoms with Gasteiger partial charge in [-0.25, -0.2) is 0 Å². The predicted octanol–water partition coefficient (Wildman–Crippen LogP) is -2.12. The van der Waals surface area contributed by atoms with Crippen LogP contribution in [0.2, 0.25) is 0 Å². The Balaban J connectivity index is 0.00000120. The van der Waals surface area contributed by atoms with Crippen LogP contribution in [0.3, 0.4) is 0 Å². The first kappa shape index (κ1) is 14.9. The number of nitrogens with zero attached hydrogens (tertiary/aromatic N) is 1. The molecule has 0 bridgehead atoms. The minimum atomic E-state index is -0.758. The summed E-state index contributed by atoms with van der Waals surface area (Å²) >= 11 is 0. The summed E-state index contributed by atoms with van der Waals surface area (Å²) in [5, 5.41) is 12.8. The smallest absolute Gasteiger partial charge is 0.848 e. The van der Waals surface area contributed by atoms with E-state index < -0.39 is 5.60 Å². The van der Waals surface area contributed by atoms with Crippen molar-refractivity contribution in [1.29, 1.82) is 0 Å². The van der Waals surface area contributed by atoms with Crippen molar-refractivity contribution in [2.24, 2.45) is 17.3 Å². The Morgan fingerprint density at radius 3 is 2.33 bits per heavy atom. The molecule has 98 valence electrons. The van der Waals surface area contributed by atoms with Crippen molar-refractivity contribution >= 4 is 0 Å². The van der Waals surface area contributed by atoms with E-state index in [0.29, 0.717) is 11.3 Å². The van der Waals surface area contributed by atoms with Crippen LogP contribution in [0.1, 0.15) is 33.6 Å². The summed E-state index contributed by atoms with van der Waals surface area (Å²) in [6.07, 6.45) is 1.98. The van der Waals surface area contributed by atoms with Crippen molar-refractivity contribution in [3.63, 3.8) is 0 Å². The van der Waals surface area contributed by atoms with Crippen molar-refractivity contribution in [3.05, 3.63) is 0 Å². The van der Waals surface area contributed by atoms with E-state index in [1.165, 1.54) is 0 Å². The van der Waals surface area contributed by atoms with Gasteiger partial charge in [0.15, 0.2) is 0 Å². The first-order valence-corrected chi connectivity index (χ1v) is 6.95. The monoisotopic (exact) mass is 245 g/mol. The Labute approximate surface area is 122 Å². The van der Waals surface area contributed by atoms with E-state index >= 15 is 0 Å². The molecule has 0 aromatic carbocycles. The van der Waals surface area contributed by atoms with Gasteiger partial charge in [0.1, 0.15) is 0 Å². The van der Waals surface area contributed by atoms with E-state index in [2.05, 4.69) is 18.7 Å². The van der Waals surface area contributed by atoms with Gasteiger partial charge in [-0.15, -0.1) is 5.60 Å². The second-order valence-corrected chi connectivity index (χ2v) is 6.95. The molecular formula is C14H24LiNO2. The van der Waals surface area contributed by atoms with E-state index in [1.54, 1.807) is 0 Å². The van der Waals surface area contributed by atoms with Crippen LogP contribution in [0.15, 0.2) is 0 Å². The Morgan fingerprint density at radius 2 is 1.72 bits per heavy atom. The van der Waals surface area contributed by atoms with Gasteiger partial charge in [-0.2, -0.15) is 0 Å². The molecule has 0 aromatic heterocycles. The topological polar surface area (TPSA) is 35.5 Å². The average Bonchev–Trinajstić information content (AvgIpc) is 2.78. The van der Waals surface area contributed by atoms with Crippen LogP contribution in [0, 0.1) is 17.3 Å². The molecule has 0 aromatic rings. The molecule has 0 radical (unpaired) electrons. The molecule has 3 rings (SSSR count). The fraction of sp³-hybridized carbons (Fsp3) is 1.00. The second-order valence-electron chi connectivity index (χ2n) is 6.95. The molecule has 1 heterocycles. The van der Waals surface area contributed by atoms with Crippen molar-refractivity contribution in [1.82, 2.24) is 4.90 Å². The van der Waals surface area contributed by atoms with Gasteiger partial charge in [-0.1, -0.05) is 27.2 Å². The first-order valence-electron chi connectivity index (χ1n) is 6.95. The molecule has 4 atom stereocenters. The van der Waals surface area contributed by atoms with E-state index in [9.17, 15) is 5.11 Å². The van der Waals surface area contributed by atoms with Crippen LogP contribution < -0.4 is 24.0 Å². The number of fused-ring (bicyclic) bond motifs is 1. The summed E-state index contributed by atoms with van der Waals surface area (Å²) < 4.78 is 5.39. The maximum atomic E-state index is 12.8. The number of hydrogen-bond donors (Lipinski definition) is 0. The molecule has 1 aliphatic heterocycles. The third-order valence-corrected chi connectivity index (χ3v) is 5.58. The largest absolute Gasteiger partial charge is 1.00 e.